The van der Waals surface area contributed by atoms with Gasteiger partial charge in [-0.25, -0.2) is 4.39 Å². The van der Waals surface area contributed by atoms with Crippen molar-refractivity contribution in [1.29, 1.82) is 0 Å². The van der Waals surface area contributed by atoms with Gasteiger partial charge in [-0.2, -0.15) is 0 Å². The molecule has 0 atom stereocenters. The fourth-order valence-electron chi connectivity index (χ4n) is 1.26. The molecule has 0 spiro atoms. The second-order valence-corrected chi connectivity index (χ2v) is 2.55. The van der Waals surface area contributed by atoms with E-state index in [-0.39, 0.29) is 45.9 Å². The third-order valence-electron chi connectivity index (χ3n) is 1.78. The van der Waals surface area contributed by atoms with Crippen LogP contribution in [0.4, 0.5) is 4.39 Å². The van der Waals surface area contributed by atoms with E-state index in [4.69, 9.17) is 0 Å². The molecule has 5 heteroatoms. The van der Waals surface area contributed by atoms with Gasteiger partial charge >= 0.3 is 23.1 Å². The molecule has 0 aliphatic rings. The van der Waals surface area contributed by atoms with Crippen LogP contribution in [0.15, 0.2) is 31.0 Å². The van der Waals surface area contributed by atoms with Gasteiger partial charge in [-0.15, -0.1) is 0 Å². The molecule has 2 rings (SSSR count). The van der Waals surface area contributed by atoms with E-state index in [9.17, 15) is 9.18 Å². The molecule has 0 saturated heterocycles. The predicted octanol–water partition coefficient (Wildman–Crippen LogP) is -0.652. The van der Waals surface area contributed by atoms with Crippen molar-refractivity contribution in [2.45, 2.75) is 0 Å². The molecule has 1 aromatic heterocycles. The zero-order valence-corrected chi connectivity index (χ0v) is 11.5. The number of benzene rings is 1. The Morgan fingerprint density at radius 1 is 1.38 bits per heavy atom. The minimum absolute atomic E-state index is 0. The normalized spacial score (nSPS) is 8.06. The van der Waals surface area contributed by atoms with Crippen molar-refractivity contribution in [2.75, 3.05) is 0 Å². The predicted molar refractivity (Wildman–Crippen MR) is 59.3 cm³/mol. The van der Waals surface area contributed by atoms with E-state index in [2.05, 4.69) is 18.1 Å². The zero-order chi connectivity index (χ0) is 10.6. The van der Waals surface area contributed by atoms with Crippen LogP contribution in [0.3, 0.4) is 0 Å². The Morgan fingerprint density at radius 2 is 2.00 bits per heavy atom. The van der Waals surface area contributed by atoms with Gasteiger partial charge < -0.3 is 28.5 Å². The molecule has 0 saturated carbocycles. The molecule has 0 aliphatic heterocycles. The van der Waals surface area contributed by atoms with Gasteiger partial charge in [0.2, 0.25) is 0 Å². The van der Waals surface area contributed by atoms with Crippen LogP contribution in [-0.2, 0) is 0 Å². The maximum absolute atomic E-state index is 12.8. The Hall–Kier alpha value is -0.654. The standard InChI is InChI=1S/C9H6FNO.C2H3.BrH.Mg/c10-8-3-6-1-2-11-9(6)7(4-8)5-12;1-2;;/h1-5,11H;1H,2H2;1H;/q;-1;;+2/p-1. The molecule has 1 N–H and O–H groups in total. The van der Waals surface area contributed by atoms with Crippen molar-refractivity contribution in [2.24, 2.45) is 0 Å². The van der Waals surface area contributed by atoms with Crippen LogP contribution in [-0.4, -0.2) is 34.3 Å². The first-order valence-electron chi connectivity index (χ1n) is 3.94. The summed E-state index contributed by atoms with van der Waals surface area (Å²) in [7, 11) is 0. The summed E-state index contributed by atoms with van der Waals surface area (Å²) in [6, 6.07) is 4.33. The van der Waals surface area contributed by atoms with Gasteiger partial charge in [0, 0.05) is 17.1 Å². The number of H-pyrrole nitrogens is 1. The number of hydrogen-bond acceptors (Lipinski definition) is 1. The molecule has 2 nitrogen and oxygen atoms in total. The van der Waals surface area contributed by atoms with Crippen LogP contribution in [0.1, 0.15) is 10.4 Å². The number of carbonyl (C=O) groups excluding carboxylic acids is 1. The van der Waals surface area contributed by atoms with Crippen LogP contribution < -0.4 is 17.0 Å². The fourth-order valence-corrected chi connectivity index (χ4v) is 1.26. The molecule has 0 radical (unpaired) electrons. The third-order valence-corrected chi connectivity index (χ3v) is 1.78. The van der Waals surface area contributed by atoms with Gasteiger partial charge in [0.1, 0.15) is 5.82 Å². The van der Waals surface area contributed by atoms with Gasteiger partial charge in [0.25, 0.3) is 0 Å². The Balaban J connectivity index is 0. The molecule has 2 aromatic rings. The van der Waals surface area contributed by atoms with E-state index in [0.717, 1.165) is 5.39 Å². The molecule has 0 fully saturated rings. The van der Waals surface area contributed by atoms with Crippen LogP contribution in [0.5, 0.6) is 0 Å². The van der Waals surface area contributed by atoms with E-state index in [0.29, 0.717) is 17.4 Å². The monoisotopic (exact) mass is 293 g/mol. The number of fused-ring (bicyclic) bond motifs is 1. The van der Waals surface area contributed by atoms with Gasteiger partial charge in [-0.3, -0.25) is 11.4 Å². The van der Waals surface area contributed by atoms with Crippen molar-refractivity contribution >= 4 is 40.2 Å². The average Bonchev–Trinajstić information content (AvgIpc) is 2.67. The van der Waals surface area contributed by atoms with Gasteiger partial charge in [-0.1, -0.05) is 0 Å². The molecule has 0 amide bonds. The molecule has 0 bridgehead atoms. The number of carbonyl (C=O) groups is 1. The summed E-state index contributed by atoms with van der Waals surface area (Å²) in [5, 5.41) is 0.720. The van der Waals surface area contributed by atoms with E-state index >= 15 is 0 Å². The van der Waals surface area contributed by atoms with Crippen LogP contribution in [0.25, 0.3) is 10.9 Å². The summed E-state index contributed by atoms with van der Waals surface area (Å²) in [6.07, 6.45) is 2.32. The first-order valence-corrected chi connectivity index (χ1v) is 3.94. The SMILES string of the molecule is O=Cc1cc(F)cc2cc[nH]c12.[Br-].[CH-]=C.[Mg+2]. The van der Waals surface area contributed by atoms with Crippen LogP contribution >= 0.6 is 0 Å². The first-order chi connectivity index (χ1) is 6.81. The van der Waals surface area contributed by atoms with Crippen molar-refractivity contribution in [3.05, 3.63) is 48.9 Å². The van der Waals surface area contributed by atoms with E-state index in [1.54, 1.807) is 12.3 Å². The molecule has 1 aromatic carbocycles. The topological polar surface area (TPSA) is 32.9 Å². The second kappa shape index (κ2) is 8.49. The number of hydrogen-bond donors (Lipinski definition) is 1. The zero-order valence-electron chi connectivity index (χ0n) is 8.54. The smallest absolute Gasteiger partial charge is 1.00 e. The number of aromatic nitrogens is 1. The minimum atomic E-state index is -0.385. The summed E-state index contributed by atoms with van der Waals surface area (Å²) in [6.45, 7) is 7.00. The maximum atomic E-state index is 12.8. The van der Waals surface area contributed by atoms with Crippen molar-refractivity contribution in [3.63, 3.8) is 0 Å². The third kappa shape index (κ3) is 3.73. The number of aldehydes is 1. The average molecular weight is 294 g/mol. The van der Waals surface area contributed by atoms with Crippen molar-refractivity contribution in [3.8, 4) is 0 Å². The van der Waals surface area contributed by atoms with E-state index in [1.807, 2.05) is 0 Å². The van der Waals surface area contributed by atoms with Crippen molar-refractivity contribution < 1.29 is 26.2 Å². The van der Waals surface area contributed by atoms with Gasteiger partial charge in [0.05, 0.1) is 5.52 Å². The second-order valence-electron chi connectivity index (χ2n) is 2.55. The molecular weight excluding hydrogens is 285 g/mol. The molecular formula is C11H9BrFMgNO. The summed E-state index contributed by atoms with van der Waals surface area (Å²) < 4.78 is 12.8. The summed E-state index contributed by atoms with van der Waals surface area (Å²) in [4.78, 5) is 13.4. The molecule has 1 heterocycles. The Morgan fingerprint density at radius 3 is 2.56 bits per heavy atom. The van der Waals surface area contributed by atoms with Crippen molar-refractivity contribution in [1.82, 2.24) is 4.98 Å². The largest absolute Gasteiger partial charge is 2.00 e. The molecule has 16 heavy (non-hydrogen) atoms. The summed E-state index contributed by atoms with van der Waals surface area (Å²) in [5.74, 6) is -0.385. The van der Waals surface area contributed by atoms with E-state index in [1.165, 1.54) is 12.1 Å². The Labute approximate surface area is 120 Å². The van der Waals surface area contributed by atoms with E-state index < -0.39 is 0 Å². The molecule has 0 unspecified atom stereocenters. The van der Waals surface area contributed by atoms with Gasteiger partial charge in [-0.05, 0) is 18.2 Å². The number of aromatic amines is 1. The maximum Gasteiger partial charge on any atom is 2.00 e. The Kier molecular flexibility index (Phi) is 9.41. The summed E-state index contributed by atoms with van der Waals surface area (Å²) in [5.41, 5.74) is 1.04. The Bertz CT molecular complexity index is 458. The first kappa shape index (κ1) is 17.7. The molecule has 0 aliphatic carbocycles. The van der Waals surface area contributed by atoms with Crippen LogP contribution in [0.2, 0.25) is 0 Å². The number of rotatable bonds is 1. The summed E-state index contributed by atoms with van der Waals surface area (Å²) >= 11 is 0. The molecule has 80 valence electrons. The fraction of sp³-hybridized carbons (Fsp3) is 0. The minimum Gasteiger partial charge on any atom is -1.00 e. The van der Waals surface area contributed by atoms with Gasteiger partial charge in [0.15, 0.2) is 6.29 Å². The number of halogens is 2. The quantitative estimate of drug-likeness (QED) is 0.423. The number of nitrogens with one attached hydrogen (secondary N) is 1. The van der Waals surface area contributed by atoms with Crippen LogP contribution in [0, 0.1) is 12.4 Å².